The van der Waals surface area contributed by atoms with E-state index in [1.807, 2.05) is 4.90 Å². The number of hydrogen-bond acceptors (Lipinski definition) is 11. The van der Waals surface area contributed by atoms with Gasteiger partial charge < -0.3 is 15.4 Å². The number of carbonyl (C=O) groups excluding carboxylic acids is 1. The number of hydrazone groups is 1. The van der Waals surface area contributed by atoms with Crippen molar-refractivity contribution in [3.8, 4) is 0 Å². The van der Waals surface area contributed by atoms with Gasteiger partial charge in [-0.15, -0.1) is 0 Å². The van der Waals surface area contributed by atoms with Crippen LogP contribution in [0.4, 0.5) is 22.7 Å². The van der Waals surface area contributed by atoms with Gasteiger partial charge in [0, 0.05) is 67.6 Å². The quantitative estimate of drug-likeness (QED) is 0.257. The molecule has 15 nitrogen and oxygen atoms in total. The van der Waals surface area contributed by atoms with Gasteiger partial charge in [-0.3, -0.25) is 30.4 Å². The Morgan fingerprint density at radius 3 is 2.26 bits per heavy atom. The highest BCUT2D eigenvalue weighted by Gasteiger charge is 2.33. The predicted molar refractivity (Wildman–Crippen MR) is 141 cm³/mol. The van der Waals surface area contributed by atoms with Gasteiger partial charge in [-0.25, -0.2) is 8.42 Å². The summed E-state index contributed by atoms with van der Waals surface area (Å²) in [7, 11) is -4.21. The zero-order valence-electron chi connectivity index (χ0n) is 20.8. The summed E-state index contributed by atoms with van der Waals surface area (Å²) in [6.45, 7) is 2.18. The number of non-ortho nitro benzene ring substituents is 2. The van der Waals surface area contributed by atoms with Crippen LogP contribution in [0.5, 0.6) is 0 Å². The molecule has 2 aliphatic heterocycles. The summed E-state index contributed by atoms with van der Waals surface area (Å²) in [5.41, 5.74) is 8.48. The molecule has 0 atom stereocenters. The first-order valence-electron chi connectivity index (χ1n) is 12.1. The van der Waals surface area contributed by atoms with Crippen LogP contribution < -0.4 is 16.1 Å². The zero-order valence-corrected chi connectivity index (χ0v) is 21.6. The molecule has 0 saturated carbocycles. The second-order valence-corrected chi connectivity index (χ2v) is 10.9. The van der Waals surface area contributed by atoms with Gasteiger partial charge in [0.05, 0.1) is 35.0 Å². The first-order chi connectivity index (χ1) is 18.6. The maximum atomic E-state index is 13.5. The van der Waals surface area contributed by atoms with Crippen molar-refractivity contribution in [1.29, 1.82) is 0 Å². The van der Waals surface area contributed by atoms with E-state index in [4.69, 9.17) is 10.5 Å². The Morgan fingerprint density at radius 1 is 1.03 bits per heavy atom. The molecule has 3 N–H and O–H groups in total. The lowest BCUT2D eigenvalue weighted by molar-refractivity contribution is -0.385. The van der Waals surface area contributed by atoms with E-state index in [2.05, 4.69) is 10.5 Å². The smallest absolute Gasteiger partial charge is 0.270 e. The summed E-state index contributed by atoms with van der Waals surface area (Å²) < 4.78 is 33.5. The molecule has 2 fully saturated rings. The lowest BCUT2D eigenvalue weighted by Gasteiger charge is -2.30. The number of nitrogens with zero attached hydrogens (tertiary/aromatic N) is 5. The van der Waals surface area contributed by atoms with Gasteiger partial charge in [0.1, 0.15) is 4.90 Å². The first kappa shape index (κ1) is 27.9. The third-order valence-corrected chi connectivity index (χ3v) is 8.55. The number of carbonyl (C=O) groups is 1. The van der Waals surface area contributed by atoms with Crippen LogP contribution in [-0.2, 0) is 19.6 Å². The molecular weight excluding hydrogens is 534 g/mol. The minimum Gasteiger partial charge on any atom is -0.378 e. The number of ether oxygens (including phenoxy) is 1. The van der Waals surface area contributed by atoms with E-state index in [9.17, 15) is 33.4 Å². The van der Waals surface area contributed by atoms with Crippen molar-refractivity contribution in [2.45, 2.75) is 17.7 Å². The van der Waals surface area contributed by atoms with E-state index >= 15 is 0 Å². The van der Waals surface area contributed by atoms with Crippen LogP contribution in [0.3, 0.4) is 0 Å². The third kappa shape index (κ3) is 6.30. The number of nitro benzene ring substituents is 2. The van der Waals surface area contributed by atoms with Crippen molar-refractivity contribution in [3.63, 3.8) is 0 Å². The number of morpholine rings is 1. The molecule has 0 radical (unpaired) electrons. The molecule has 2 heterocycles. The van der Waals surface area contributed by atoms with E-state index in [1.165, 1.54) is 24.4 Å². The number of piperidine rings is 1. The summed E-state index contributed by atoms with van der Waals surface area (Å²) in [5.74, 6) is -0.948. The number of sulfonamides is 1. The van der Waals surface area contributed by atoms with Crippen LogP contribution >= 0.6 is 0 Å². The van der Waals surface area contributed by atoms with Crippen molar-refractivity contribution in [2.75, 3.05) is 49.7 Å². The van der Waals surface area contributed by atoms with Gasteiger partial charge >= 0.3 is 0 Å². The number of nitro groups is 2. The fraction of sp³-hybridized carbons (Fsp3) is 0.391. The van der Waals surface area contributed by atoms with E-state index in [-0.39, 0.29) is 42.2 Å². The highest BCUT2D eigenvalue weighted by Crippen LogP contribution is 2.32. The van der Waals surface area contributed by atoms with Gasteiger partial charge in [-0.05, 0) is 25.0 Å². The Balaban J connectivity index is 1.64. The molecule has 2 saturated heterocycles. The fourth-order valence-electron chi connectivity index (χ4n) is 4.47. The van der Waals surface area contributed by atoms with Crippen molar-refractivity contribution >= 4 is 44.9 Å². The van der Waals surface area contributed by atoms with Crippen LogP contribution in [0, 0.1) is 26.1 Å². The van der Waals surface area contributed by atoms with Crippen LogP contribution in [0.1, 0.15) is 18.4 Å². The molecule has 0 aliphatic carbocycles. The van der Waals surface area contributed by atoms with Crippen LogP contribution in [0.15, 0.2) is 46.4 Å². The largest absolute Gasteiger partial charge is 0.378 e. The normalized spacial score (nSPS) is 17.3. The number of primary amides is 1. The number of nitrogens with two attached hydrogens (primary N) is 1. The van der Waals surface area contributed by atoms with Gasteiger partial charge in [0.2, 0.25) is 15.9 Å². The monoisotopic (exact) mass is 561 g/mol. The zero-order chi connectivity index (χ0) is 28.2. The molecule has 16 heteroatoms. The molecule has 208 valence electrons. The molecule has 2 aliphatic rings. The average Bonchev–Trinajstić information content (AvgIpc) is 2.93. The maximum absolute atomic E-state index is 13.5. The average molecular weight is 562 g/mol. The Bertz CT molecular complexity index is 1400. The highest BCUT2D eigenvalue weighted by molar-refractivity contribution is 7.89. The van der Waals surface area contributed by atoms with Crippen molar-refractivity contribution in [2.24, 2.45) is 16.8 Å². The van der Waals surface area contributed by atoms with E-state index in [0.29, 0.717) is 37.6 Å². The van der Waals surface area contributed by atoms with E-state index in [0.717, 1.165) is 16.4 Å². The van der Waals surface area contributed by atoms with Crippen LogP contribution in [0.25, 0.3) is 0 Å². The minimum absolute atomic E-state index is 0.0211. The summed E-state index contributed by atoms with van der Waals surface area (Å²) in [6.07, 6.45) is 1.80. The van der Waals surface area contributed by atoms with E-state index < -0.39 is 37.4 Å². The SMILES string of the molecule is NC(=O)C1CCN(S(=O)(=O)c2cc([N+](=O)[O-])ccc2N/N=C\c2cc([N+](=O)[O-])ccc2N2CCOCC2)CC1. The number of amides is 1. The number of nitrogens with one attached hydrogen (secondary N) is 1. The standard InChI is InChI=1S/C23H27N7O8S/c24-23(31)16-5-7-28(8-6-16)39(36,37)22-14-19(30(34)35)1-3-20(22)26-25-15-17-13-18(29(32)33)2-4-21(17)27-9-11-38-12-10-27/h1-4,13-16,26H,5-12H2,(H2,24,31)/b25-15-. The molecule has 1 amide bonds. The van der Waals surface area contributed by atoms with Crippen molar-refractivity contribution in [1.82, 2.24) is 4.31 Å². The molecular formula is C23H27N7O8S. The molecule has 0 unspecified atom stereocenters. The Labute approximate surface area is 223 Å². The lowest BCUT2D eigenvalue weighted by Crippen LogP contribution is -2.41. The second kappa shape index (κ2) is 11.7. The summed E-state index contributed by atoms with van der Waals surface area (Å²) in [5, 5.41) is 26.9. The maximum Gasteiger partial charge on any atom is 0.270 e. The molecule has 0 aromatic heterocycles. The molecule has 2 aromatic carbocycles. The van der Waals surface area contributed by atoms with Gasteiger partial charge in [0.25, 0.3) is 11.4 Å². The second-order valence-electron chi connectivity index (χ2n) is 8.99. The molecule has 0 bridgehead atoms. The van der Waals surface area contributed by atoms with Crippen molar-refractivity contribution in [3.05, 3.63) is 62.2 Å². The summed E-state index contributed by atoms with van der Waals surface area (Å²) in [6, 6.07) is 7.67. The van der Waals surface area contributed by atoms with Crippen molar-refractivity contribution < 1.29 is 27.8 Å². The van der Waals surface area contributed by atoms with Crippen LogP contribution in [0.2, 0.25) is 0 Å². The predicted octanol–water partition coefficient (Wildman–Crippen LogP) is 1.67. The number of rotatable bonds is 9. The molecule has 4 rings (SSSR count). The summed E-state index contributed by atoms with van der Waals surface area (Å²) in [4.78, 5) is 34.6. The first-order valence-corrected chi connectivity index (χ1v) is 13.5. The van der Waals surface area contributed by atoms with Gasteiger partial charge in [-0.2, -0.15) is 9.41 Å². The van der Waals surface area contributed by atoms with E-state index in [1.54, 1.807) is 6.07 Å². The summed E-state index contributed by atoms with van der Waals surface area (Å²) >= 11 is 0. The lowest BCUT2D eigenvalue weighted by atomic mass is 9.98. The number of anilines is 2. The Morgan fingerprint density at radius 2 is 1.64 bits per heavy atom. The third-order valence-electron chi connectivity index (χ3n) is 6.61. The fourth-order valence-corrected chi connectivity index (χ4v) is 6.10. The number of hydrogen-bond donors (Lipinski definition) is 2. The van der Waals surface area contributed by atoms with Gasteiger partial charge in [0.15, 0.2) is 0 Å². The molecule has 2 aromatic rings. The topological polar surface area (TPSA) is 204 Å². The Hall–Kier alpha value is -4.15. The van der Waals surface area contributed by atoms with Gasteiger partial charge in [-0.1, -0.05) is 0 Å². The highest BCUT2D eigenvalue weighted by atomic mass is 32.2. The number of benzene rings is 2. The molecule has 0 spiro atoms. The Kier molecular flexibility index (Phi) is 8.37. The van der Waals surface area contributed by atoms with Crippen LogP contribution in [-0.4, -0.2) is 74.1 Å². The molecule has 39 heavy (non-hydrogen) atoms. The minimum atomic E-state index is -4.21.